The number of nitrogens with one attached hydrogen (secondary N) is 2. The van der Waals surface area contributed by atoms with Crippen molar-refractivity contribution in [2.24, 2.45) is 0 Å². The van der Waals surface area contributed by atoms with E-state index in [4.69, 9.17) is 4.98 Å². The third kappa shape index (κ3) is 4.74. The molecule has 0 aliphatic carbocycles. The van der Waals surface area contributed by atoms with E-state index in [1.165, 1.54) is 29.9 Å². The number of rotatable bonds is 5. The van der Waals surface area contributed by atoms with Gasteiger partial charge in [-0.3, -0.25) is 10.4 Å². The topological polar surface area (TPSA) is 40.2 Å². The van der Waals surface area contributed by atoms with Crippen molar-refractivity contribution in [2.45, 2.75) is 25.3 Å². The molecule has 0 unspecified atom stereocenters. The molecule has 1 fully saturated rings. The SMILES string of the molecule is Fc1cc(F)cc(C2=CC=CN(Cc3cccc(-c4ncc(C5CCNCC5)s4)c3)N2)c1. The molecule has 164 valence electrons. The number of piperidine rings is 1. The summed E-state index contributed by atoms with van der Waals surface area (Å²) < 4.78 is 27.2. The molecule has 2 N–H and O–H groups in total. The van der Waals surface area contributed by atoms with E-state index in [1.807, 2.05) is 29.5 Å². The van der Waals surface area contributed by atoms with Crippen molar-refractivity contribution in [1.29, 1.82) is 0 Å². The Kier molecular flexibility index (Phi) is 6.01. The van der Waals surface area contributed by atoms with E-state index in [-0.39, 0.29) is 0 Å². The molecular formula is C25H24F2N4S. The van der Waals surface area contributed by atoms with Gasteiger partial charge in [-0.2, -0.15) is 0 Å². The van der Waals surface area contributed by atoms with E-state index in [0.29, 0.717) is 23.7 Å². The van der Waals surface area contributed by atoms with Crippen molar-refractivity contribution < 1.29 is 8.78 Å². The first-order chi connectivity index (χ1) is 15.6. The smallest absolute Gasteiger partial charge is 0.126 e. The number of hydrogen-bond donors (Lipinski definition) is 2. The molecule has 32 heavy (non-hydrogen) atoms. The maximum absolute atomic E-state index is 13.6. The number of hydrogen-bond acceptors (Lipinski definition) is 5. The van der Waals surface area contributed by atoms with Gasteiger partial charge < -0.3 is 5.32 Å². The molecule has 1 aromatic heterocycles. The Bertz CT molecular complexity index is 1140. The Labute approximate surface area is 190 Å². The first kappa shape index (κ1) is 20.8. The van der Waals surface area contributed by atoms with Crippen LogP contribution in [-0.4, -0.2) is 23.1 Å². The van der Waals surface area contributed by atoms with E-state index in [0.717, 1.165) is 35.3 Å². The summed E-state index contributed by atoms with van der Waals surface area (Å²) in [6.07, 6.45) is 9.94. The van der Waals surface area contributed by atoms with Crippen molar-refractivity contribution in [3.8, 4) is 10.6 Å². The minimum atomic E-state index is -0.594. The van der Waals surface area contributed by atoms with Crippen molar-refractivity contribution in [3.05, 3.63) is 94.7 Å². The first-order valence-corrected chi connectivity index (χ1v) is 11.6. The monoisotopic (exact) mass is 450 g/mol. The van der Waals surface area contributed by atoms with Gasteiger partial charge in [-0.05, 0) is 67.8 Å². The fourth-order valence-corrected chi connectivity index (χ4v) is 5.23. The van der Waals surface area contributed by atoms with Gasteiger partial charge in [-0.1, -0.05) is 18.2 Å². The molecule has 0 saturated carbocycles. The van der Waals surface area contributed by atoms with E-state index < -0.39 is 11.6 Å². The zero-order valence-electron chi connectivity index (χ0n) is 17.5. The molecule has 0 radical (unpaired) electrons. The van der Waals surface area contributed by atoms with Gasteiger partial charge in [-0.25, -0.2) is 13.8 Å². The van der Waals surface area contributed by atoms with Gasteiger partial charge in [0.25, 0.3) is 0 Å². The van der Waals surface area contributed by atoms with Crippen LogP contribution in [0.2, 0.25) is 0 Å². The fraction of sp³-hybridized carbons (Fsp3) is 0.240. The van der Waals surface area contributed by atoms with Crippen LogP contribution in [0.25, 0.3) is 16.3 Å². The van der Waals surface area contributed by atoms with Crippen LogP contribution in [0.15, 0.2) is 67.0 Å². The summed E-state index contributed by atoms with van der Waals surface area (Å²) in [7, 11) is 0. The van der Waals surface area contributed by atoms with E-state index in [1.54, 1.807) is 17.4 Å². The highest BCUT2D eigenvalue weighted by Gasteiger charge is 2.18. The second kappa shape index (κ2) is 9.22. The Hall–Kier alpha value is -3.03. The van der Waals surface area contributed by atoms with Gasteiger partial charge in [0.1, 0.15) is 16.6 Å². The molecule has 5 rings (SSSR count). The number of benzene rings is 2. The normalized spacial score (nSPS) is 16.7. The van der Waals surface area contributed by atoms with E-state index in [9.17, 15) is 8.78 Å². The van der Waals surface area contributed by atoms with Gasteiger partial charge in [0.15, 0.2) is 0 Å². The zero-order valence-corrected chi connectivity index (χ0v) is 18.3. The molecule has 4 nitrogen and oxygen atoms in total. The third-order valence-electron chi connectivity index (χ3n) is 5.76. The molecule has 0 atom stereocenters. The fourth-order valence-electron chi connectivity index (χ4n) is 4.15. The van der Waals surface area contributed by atoms with Crippen LogP contribution in [0.3, 0.4) is 0 Å². The summed E-state index contributed by atoms with van der Waals surface area (Å²) in [6, 6.07) is 11.9. The number of nitrogens with zero attached hydrogens (tertiary/aromatic N) is 2. The van der Waals surface area contributed by atoms with Crippen LogP contribution in [0.4, 0.5) is 8.78 Å². The number of thiazole rings is 1. The van der Waals surface area contributed by atoms with Crippen molar-refractivity contribution in [3.63, 3.8) is 0 Å². The molecule has 3 aromatic rings. The average Bonchev–Trinajstić information content (AvgIpc) is 3.30. The minimum Gasteiger partial charge on any atom is -0.317 e. The first-order valence-electron chi connectivity index (χ1n) is 10.8. The zero-order chi connectivity index (χ0) is 21.9. The second-order valence-electron chi connectivity index (χ2n) is 8.11. The van der Waals surface area contributed by atoms with Crippen LogP contribution < -0.4 is 10.7 Å². The van der Waals surface area contributed by atoms with Gasteiger partial charge in [0.2, 0.25) is 0 Å². The second-order valence-corrected chi connectivity index (χ2v) is 9.17. The number of aromatic nitrogens is 1. The van der Waals surface area contributed by atoms with Crippen LogP contribution in [0.5, 0.6) is 0 Å². The van der Waals surface area contributed by atoms with E-state index >= 15 is 0 Å². The summed E-state index contributed by atoms with van der Waals surface area (Å²) in [6.45, 7) is 2.75. The quantitative estimate of drug-likeness (QED) is 0.544. The maximum Gasteiger partial charge on any atom is 0.126 e. The summed E-state index contributed by atoms with van der Waals surface area (Å²) in [5, 5.41) is 6.36. The predicted molar refractivity (Wildman–Crippen MR) is 125 cm³/mol. The van der Waals surface area contributed by atoms with Gasteiger partial charge in [-0.15, -0.1) is 11.3 Å². The largest absolute Gasteiger partial charge is 0.317 e. The molecular weight excluding hydrogens is 426 g/mol. The lowest BCUT2D eigenvalue weighted by Gasteiger charge is -2.27. The Morgan fingerprint density at radius 1 is 1.03 bits per heavy atom. The lowest BCUT2D eigenvalue weighted by atomic mass is 9.97. The van der Waals surface area contributed by atoms with Gasteiger partial charge in [0.05, 0.1) is 12.2 Å². The van der Waals surface area contributed by atoms with Crippen LogP contribution in [0.1, 0.15) is 34.8 Å². The highest BCUT2D eigenvalue weighted by atomic mass is 32.1. The third-order valence-corrected chi connectivity index (χ3v) is 6.97. The molecule has 0 bridgehead atoms. The highest BCUT2D eigenvalue weighted by Crippen LogP contribution is 2.34. The Morgan fingerprint density at radius 3 is 2.66 bits per heavy atom. The molecule has 7 heteroatoms. The summed E-state index contributed by atoms with van der Waals surface area (Å²) in [5.41, 5.74) is 6.58. The van der Waals surface area contributed by atoms with Gasteiger partial charge in [0, 0.05) is 34.5 Å². The Balaban J connectivity index is 1.29. The van der Waals surface area contributed by atoms with Crippen molar-refractivity contribution >= 4 is 17.0 Å². The average molecular weight is 451 g/mol. The molecule has 0 spiro atoms. The molecule has 2 aliphatic rings. The molecule has 0 amide bonds. The molecule has 2 aliphatic heterocycles. The summed E-state index contributed by atoms with van der Waals surface area (Å²) in [5.74, 6) is -0.584. The lowest BCUT2D eigenvalue weighted by Crippen LogP contribution is -2.33. The lowest BCUT2D eigenvalue weighted by molar-refractivity contribution is 0.313. The molecule has 3 heterocycles. The number of allylic oxidation sites excluding steroid dienone is 2. The van der Waals surface area contributed by atoms with Crippen molar-refractivity contribution in [1.82, 2.24) is 20.7 Å². The standard InChI is InChI=1S/C25H24F2N4S/c26-21-12-20(13-22(27)14-21)23-5-2-10-31(30-23)16-17-3-1-4-19(11-17)25-29-15-24(32-25)18-6-8-28-9-7-18/h1-5,10-15,18,28,30H,6-9,16H2. The van der Waals surface area contributed by atoms with Gasteiger partial charge >= 0.3 is 0 Å². The van der Waals surface area contributed by atoms with Crippen molar-refractivity contribution in [2.75, 3.05) is 13.1 Å². The predicted octanol–water partition coefficient (Wildman–Crippen LogP) is 5.43. The van der Waals surface area contributed by atoms with E-state index in [2.05, 4.69) is 28.9 Å². The summed E-state index contributed by atoms with van der Waals surface area (Å²) >= 11 is 1.79. The Morgan fingerprint density at radius 2 is 1.84 bits per heavy atom. The maximum atomic E-state index is 13.6. The van der Waals surface area contributed by atoms with Crippen LogP contribution in [-0.2, 0) is 6.54 Å². The van der Waals surface area contributed by atoms with Crippen LogP contribution in [0, 0.1) is 11.6 Å². The molecule has 2 aromatic carbocycles. The minimum absolute atomic E-state index is 0.471. The van der Waals surface area contributed by atoms with Crippen LogP contribution >= 0.6 is 11.3 Å². The molecule has 1 saturated heterocycles. The number of hydrazine groups is 1. The highest BCUT2D eigenvalue weighted by molar-refractivity contribution is 7.15. The summed E-state index contributed by atoms with van der Waals surface area (Å²) in [4.78, 5) is 6.06. The number of halogens is 2.